The highest BCUT2D eigenvalue weighted by molar-refractivity contribution is 6.09. The van der Waals surface area contributed by atoms with E-state index in [1.54, 1.807) is 12.3 Å². The zero-order chi connectivity index (χ0) is 22.2. The quantitative estimate of drug-likeness (QED) is 0.299. The predicted octanol–water partition coefficient (Wildman–Crippen LogP) is 7.38. The third kappa shape index (κ3) is 3.26. The average molecular weight is 422 g/mol. The third-order valence-corrected chi connectivity index (χ3v) is 6.11. The maximum absolute atomic E-state index is 8.96. The molecule has 0 saturated heterocycles. The van der Waals surface area contributed by atoms with Crippen molar-refractivity contribution in [1.82, 2.24) is 9.55 Å². The molecule has 0 aliphatic rings. The summed E-state index contributed by atoms with van der Waals surface area (Å²) in [7, 11) is 0. The highest BCUT2D eigenvalue weighted by atomic mass is 15.0. The average Bonchev–Trinajstić information content (AvgIpc) is 3.23. The van der Waals surface area contributed by atoms with Crippen LogP contribution in [0, 0.1) is 11.3 Å². The highest BCUT2D eigenvalue weighted by Crippen LogP contribution is 2.33. The van der Waals surface area contributed by atoms with Crippen molar-refractivity contribution >= 4 is 21.8 Å². The zero-order valence-electron chi connectivity index (χ0n) is 17.8. The van der Waals surface area contributed by atoms with E-state index in [9.17, 15) is 0 Å². The van der Waals surface area contributed by atoms with Gasteiger partial charge in [0.1, 0.15) is 11.8 Å². The van der Waals surface area contributed by atoms with Crippen LogP contribution in [0.15, 0.2) is 115 Å². The van der Waals surface area contributed by atoms with Gasteiger partial charge < -0.3 is 4.57 Å². The van der Waals surface area contributed by atoms with Crippen LogP contribution >= 0.6 is 0 Å². The van der Waals surface area contributed by atoms with E-state index in [0.717, 1.165) is 22.4 Å². The van der Waals surface area contributed by atoms with Crippen LogP contribution in [0.2, 0.25) is 0 Å². The van der Waals surface area contributed by atoms with Crippen molar-refractivity contribution in [2.24, 2.45) is 0 Å². The van der Waals surface area contributed by atoms with Crippen molar-refractivity contribution in [3.8, 4) is 34.0 Å². The summed E-state index contributed by atoms with van der Waals surface area (Å²) in [6.07, 6.45) is 1.75. The number of hydrogen-bond acceptors (Lipinski definition) is 2. The Morgan fingerprint density at radius 2 is 1.18 bits per heavy atom. The fourth-order valence-electron chi connectivity index (χ4n) is 4.51. The van der Waals surface area contributed by atoms with Crippen LogP contribution < -0.4 is 0 Å². The Labute approximate surface area is 191 Å². The topological polar surface area (TPSA) is 41.6 Å². The maximum atomic E-state index is 8.96. The second kappa shape index (κ2) is 7.78. The van der Waals surface area contributed by atoms with Crippen LogP contribution in [0.4, 0.5) is 0 Å². The van der Waals surface area contributed by atoms with E-state index >= 15 is 0 Å². The lowest BCUT2D eigenvalue weighted by Crippen LogP contribution is -1.94. The summed E-state index contributed by atoms with van der Waals surface area (Å²) >= 11 is 0. The van der Waals surface area contributed by atoms with E-state index < -0.39 is 0 Å². The number of benzene rings is 4. The SMILES string of the molecule is N#Cc1ccc(-c2ccc(-c3cccc(-n4c5ccccc5c5ccccc54)c3)cc2)cn1. The van der Waals surface area contributed by atoms with Crippen molar-refractivity contribution in [3.63, 3.8) is 0 Å². The summed E-state index contributed by atoms with van der Waals surface area (Å²) < 4.78 is 2.34. The molecule has 0 aliphatic carbocycles. The van der Waals surface area contributed by atoms with Crippen molar-refractivity contribution in [2.75, 3.05) is 0 Å². The summed E-state index contributed by atoms with van der Waals surface area (Å²) in [4.78, 5) is 4.18. The van der Waals surface area contributed by atoms with Crippen LogP contribution in [-0.2, 0) is 0 Å². The largest absolute Gasteiger partial charge is 0.309 e. The number of aromatic nitrogens is 2. The Morgan fingerprint density at radius 3 is 1.79 bits per heavy atom. The molecule has 0 atom stereocenters. The van der Waals surface area contributed by atoms with Gasteiger partial charge in [0.25, 0.3) is 0 Å². The number of nitriles is 1. The summed E-state index contributed by atoms with van der Waals surface area (Å²) in [5, 5.41) is 11.5. The van der Waals surface area contributed by atoms with Crippen LogP contribution in [0.1, 0.15) is 5.69 Å². The number of para-hydroxylation sites is 2. The molecule has 154 valence electrons. The first-order valence-corrected chi connectivity index (χ1v) is 10.9. The van der Waals surface area contributed by atoms with Gasteiger partial charge in [0.05, 0.1) is 11.0 Å². The molecule has 6 rings (SSSR count). The molecule has 0 radical (unpaired) electrons. The van der Waals surface area contributed by atoms with Gasteiger partial charge in [-0.1, -0.05) is 72.8 Å². The first-order valence-electron chi connectivity index (χ1n) is 10.9. The molecule has 2 heterocycles. The van der Waals surface area contributed by atoms with Crippen LogP contribution in [0.3, 0.4) is 0 Å². The molecule has 0 saturated carbocycles. The highest BCUT2D eigenvalue weighted by Gasteiger charge is 2.12. The summed E-state index contributed by atoms with van der Waals surface area (Å²) in [5.41, 5.74) is 8.39. The van der Waals surface area contributed by atoms with Gasteiger partial charge in [-0.05, 0) is 53.1 Å². The summed E-state index contributed by atoms with van der Waals surface area (Å²) in [5.74, 6) is 0. The molecule has 0 unspecified atom stereocenters. The molecule has 3 heteroatoms. The Hall–Kier alpha value is -4.68. The molecule has 0 fully saturated rings. The fourth-order valence-corrected chi connectivity index (χ4v) is 4.51. The van der Waals surface area contributed by atoms with Crippen molar-refractivity contribution in [3.05, 3.63) is 121 Å². The number of nitrogens with zero attached hydrogens (tertiary/aromatic N) is 3. The van der Waals surface area contributed by atoms with E-state index in [4.69, 9.17) is 5.26 Å². The number of fused-ring (bicyclic) bond motifs is 3. The van der Waals surface area contributed by atoms with Gasteiger partial charge in [-0.3, -0.25) is 0 Å². The molecular formula is C30H19N3. The molecule has 2 aromatic heterocycles. The minimum atomic E-state index is 0.428. The Bertz CT molecular complexity index is 1600. The Morgan fingerprint density at radius 1 is 0.576 bits per heavy atom. The smallest absolute Gasteiger partial charge is 0.140 e. The lowest BCUT2D eigenvalue weighted by molar-refractivity contribution is 1.18. The van der Waals surface area contributed by atoms with Crippen molar-refractivity contribution in [1.29, 1.82) is 5.26 Å². The van der Waals surface area contributed by atoms with Crippen LogP contribution in [0.25, 0.3) is 49.7 Å². The number of rotatable bonds is 3. The number of pyridine rings is 1. The lowest BCUT2D eigenvalue weighted by atomic mass is 10.0. The van der Waals surface area contributed by atoms with Crippen LogP contribution in [0.5, 0.6) is 0 Å². The lowest BCUT2D eigenvalue weighted by Gasteiger charge is -2.11. The van der Waals surface area contributed by atoms with Crippen molar-refractivity contribution < 1.29 is 0 Å². The maximum Gasteiger partial charge on any atom is 0.140 e. The van der Waals surface area contributed by atoms with Crippen LogP contribution in [-0.4, -0.2) is 9.55 Å². The fraction of sp³-hybridized carbons (Fsp3) is 0. The Kier molecular flexibility index (Phi) is 4.49. The van der Waals surface area contributed by atoms with Gasteiger partial charge in [0, 0.05) is 28.2 Å². The third-order valence-electron chi connectivity index (χ3n) is 6.11. The van der Waals surface area contributed by atoms with E-state index in [2.05, 4.69) is 113 Å². The normalized spacial score (nSPS) is 11.0. The second-order valence-corrected chi connectivity index (χ2v) is 8.04. The van der Waals surface area contributed by atoms with Gasteiger partial charge >= 0.3 is 0 Å². The van der Waals surface area contributed by atoms with Gasteiger partial charge in [0.2, 0.25) is 0 Å². The Balaban J connectivity index is 1.42. The molecular weight excluding hydrogens is 402 g/mol. The van der Waals surface area contributed by atoms with Crippen molar-refractivity contribution in [2.45, 2.75) is 0 Å². The van der Waals surface area contributed by atoms with Gasteiger partial charge in [-0.2, -0.15) is 5.26 Å². The molecule has 33 heavy (non-hydrogen) atoms. The molecule has 0 spiro atoms. The standard InChI is InChI=1S/C30H19N3/c31-19-25-17-16-24(20-32-25)22-14-12-21(13-15-22)23-6-5-7-26(18-23)33-29-10-3-1-8-27(29)28-9-2-4-11-30(28)33/h1-18,20H. The first-order chi connectivity index (χ1) is 16.3. The molecule has 0 aliphatic heterocycles. The monoisotopic (exact) mass is 421 g/mol. The molecule has 0 N–H and O–H groups in total. The minimum Gasteiger partial charge on any atom is -0.309 e. The van der Waals surface area contributed by atoms with Gasteiger partial charge in [-0.25, -0.2) is 4.98 Å². The van der Waals surface area contributed by atoms with E-state index in [1.807, 2.05) is 6.07 Å². The van der Waals surface area contributed by atoms with Gasteiger partial charge in [-0.15, -0.1) is 0 Å². The molecule has 4 aromatic carbocycles. The van der Waals surface area contributed by atoms with E-state index in [0.29, 0.717) is 5.69 Å². The molecule has 3 nitrogen and oxygen atoms in total. The second-order valence-electron chi connectivity index (χ2n) is 8.04. The van der Waals surface area contributed by atoms with E-state index in [-0.39, 0.29) is 0 Å². The minimum absolute atomic E-state index is 0.428. The van der Waals surface area contributed by atoms with E-state index in [1.165, 1.54) is 27.4 Å². The zero-order valence-corrected chi connectivity index (χ0v) is 17.8. The summed E-state index contributed by atoms with van der Waals surface area (Å²) in [6.45, 7) is 0. The molecule has 6 aromatic rings. The predicted molar refractivity (Wildman–Crippen MR) is 134 cm³/mol. The van der Waals surface area contributed by atoms with Gasteiger partial charge in [0.15, 0.2) is 0 Å². The number of hydrogen-bond donors (Lipinski definition) is 0. The first kappa shape index (κ1) is 19.0. The molecule has 0 bridgehead atoms. The summed E-state index contributed by atoms with van der Waals surface area (Å²) in [6, 6.07) is 40.0. The molecule has 0 amide bonds.